The summed E-state index contributed by atoms with van der Waals surface area (Å²) in [4.78, 5) is 11.7. The number of aromatic nitrogens is 2. The first kappa shape index (κ1) is 21.7. The molecule has 0 radical (unpaired) electrons. The summed E-state index contributed by atoms with van der Waals surface area (Å²) in [5.41, 5.74) is 0.0165. The van der Waals surface area contributed by atoms with Crippen molar-refractivity contribution in [3.8, 4) is 28.6 Å². The standard InChI is InChI=1S/C25H12F4N4/c1-31-25-20(27)11-9-17(24(25)29)22-7-3-5-15(33-22)12-14-4-2-6-21(32-14)16-8-10-19(26)18(13-30)23(16)28/h2-11H,12H2. The van der Waals surface area contributed by atoms with Crippen LogP contribution in [0.3, 0.4) is 0 Å². The Morgan fingerprint density at radius 3 is 1.85 bits per heavy atom. The highest BCUT2D eigenvalue weighted by molar-refractivity contribution is 5.67. The number of pyridine rings is 2. The summed E-state index contributed by atoms with van der Waals surface area (Å²) in [6, 6.07) is 15.7. The van der Waals surface area contributed by atoms with Gasteiger partial charge in [0.1, 0.15) is 29.1 Å². The van der Waals surface area contributed by atoms with E-state index in [4.69, 9.17) is 11.8 Å². The first-order valence-corrected chi connectivity index (χ1v) is 9.59. The molecule has 0 atom stereocenters. The highest BCUT2D eigenvalue weighted by Gasteiger charge is 2.17. The molecule has 0 aliphatic rings. The lowest BCUT2D eigenvalue weighted by Crippen LogP contribution is -2.00. The van der Waals surface area contributed by atoms with Crippen LogP contribution in [0.4, 0.5) is 23.2 Å². The van der Waals surface area contributed by atoms with Crippen LogP contribution in [0.25, 0.3) is 27.4 Å². The van der Waals surface area contributed by atoms with Crippen molar-refractivity contribution in [1.29, 1.82) is 5.26 Å². The van der Waals surface area contributed by atoms with Gasteiger partial charge in [0, 0.05) is 28.9 Å². The molecule has 2 aromatic carbocycles. The molecule has 0 amide bonds. The summed E-state index contributed by atoms with van der Waals surface area (Å²) in [6.45, 7) is 6.97. The van der Waals surface area contributed by atoms with Crippen molar-refractivity contribution in [2.24, 2.45) is 0 Å². The number of halogens is 4. The second-order valence-electron chi connectivity index (χ2n) is 6.97. The van der Waals surface area contributed by atoms with Crippen molar-refractivity contribution in [2.75, 3.05) is 0 Å². The van der Waals surface area contributed by atoms with Crippen LogP contribution < -0.4 is 0 Å². The third-order valence-corrected chi connectivity index (χ3v) is 4.91. The average molecular weight is 444 g/mol. The van der Waals surface area contributed by atoms with Gasteiger partial charge in [-0.05, 0) is 48.5 Å². The van der Waals surface area contributed by atoms with Crippen LogP contribution in [0.1, 0.15) is 17.0 Å². The number of hydrogen-bond acceptors (Lipinski definition) is 3. The van der Waals surface area contributed by atoms with E-state index in [0.29, 0.717) is 11.4 Å². The minimum absolute atomic E-state index is 0.0108. The topological polar surface area (TPSA) is 53.9 Å². The normalized spacial score (nSPS) is 10.5. The number of nitriles is 1. The van der Waals surface area contributed by atoms with Gasteiger partial charge in [-0.25, -0.2) is 22.4 Å². The quantitative estimate of drug-likeness (QED) is 0.271. The molecule has 0 spiro atoms. The van der Waals surface area contributed by atoms with Gasteiger partial charge in [0.05, 0.1) is 18.0 Å². The molecular weight excluding hydrogens is 432 g/mol. The molecule has 2 heterocycles. The lowest BCUT2D eigenvalue weighted by Gasteiger charge is -2.09. The molecule has 4 rings (SSSR count). The molecule has 0 N–H and O–H groups in total. The predicted molar refractivity (Wildman–Crippen MR) is 113 cm³/mol. The lowest BCUT2D eigenvalue weighted by molar-refractivity contribution is 0.579. The van der Waals surface area contributed by atoms with Crippen molar-refractivity contribution in [3.63, 3.8) is 0 Å². The average Bonchev–Trinajstić information content (AvgIpc) is 2.80. The Balaban J connectivity index is 1.68. The maximum Gasteiger partial charge on any atom is 0.257 e. The third-order valence-electron chi connectivity index (χ3n) is 4.91. The van der Waals surface area contributed by atoms with Crippen LogP contribution in [-0.2, 0) is 6.42 Å². The van der Waals surface area contributed by atoms with E-state index < -0.39 is 34.5 Å². The summed E-state index contributed by atoms with van der Waals surface area (Å²) in [5.74, 6) is -3.89. The first-order valence-electron chi connectivity index (χ1n) is 9.59. The molecule has 160 valence electrons. The van der Waals surface area contributed by atoms with Gasteiger partial charge < -0.3 is 0 Å². The van der Waals surface area contributed by atoms with Gasteiger partial charge in [-0.15, -0.1) is 0 Å². The number of hydrogen-bond donors (Lipinski definition) is 0. The maximum absolute atomic E-state index is 14.6. The molecule has 0 fully saturated rings. The molecule has 0 unspecified atom stereocenters. The van der Waals surface area contributed by atoms with E-state index >= 15 is 0 Å². The van der Waals surface area contributed by atoms with Gasteiger partial charge in [0.2, 0.25) is 0 Å². The molecule has 4 aromatic rings. The van der Waals surface area contributed by atoms with Crippen molar-refractivity contribution in [1.82, 2.24) is 9.97 Å². The molecule has 0 saturated heterocycles. The van der Waals surface area contributed by atoms with Gasteiger partial charge in [-0.1, -0.05) is 12.1 Å². The second kappa shape index (κ2) is 8.89. The van der Waals surface area contributed by atoms with Crippen LogP contribution in [-0.4, -0.2) is 9.97 Å². The Labute approximate surface area is 186 Å². The van der Waals surface area contributed by atoms with Crippen LogP contribution >= 0.6 is 0 Å². The molecule has 4 nitrogen and oxygen atoms in total. The van der Waals surface area contributed by atoms with Crippen LogP contribution in [0.5, 0.6) is 0 Å². The SMILES string of the molecule is [C-]#[N+]c1c(F)ccc(-c2cccc(Cc3cccc(-c4ccc(F)c(C#N)c4F)n3)n2)c1F. The molecule has 33 heavy (non-hydrogen) atoms. The number of benzene rings is 2. The van der Waals surface area contributed by atoms with Gasteiger partial charge in [0.25, 0.3) is 5.69 Å². The zero-order valence-electron chi connectivity index (χ0n) is 16.8. The van der Waals surface area contributed by atoms with Gasteiger partial charge in [-0.2, -0.15) is 5.26 Å². The van der Waals surface area contributed by atoms with E-state index in [0.717, 1.165) is 12.1 Å². The minimum atomic E-state index is -0.996. The van der Waals surface area contributed by atoms with Crippen molar-refractivity contribution < 1.29 is 17.6 Å². The Morgan fingerprint density at radius 2 is 1.30 bits per heavy atom. The third kappa shape index (κ3) is 4.15. The largest absolute Gasteiger partial charge is 0.257 e. The minimum Gasteiger partial charge on any atom is -0.252 e. The van der Waals surface area contributed by atoms with E-state index in [-0.39, 0.29) is 28.9 Å². The van der Waals surface area contributed by atoms with Crippen LogP contribution in [0.2, 0.25) is 0 Å². The molecule has 2 aromatic heterocycles. The van der Waals surface area contributed by atoms with Crippen LogP contribution in [0, 0.1) is 41.2 Å². The maximum atomic E-state index is 14.6. The van der Waals surface area contributed by atoms with Gasteiger partial charge in [0.15, 0.2) is 5.82 Å². The fourth-order valence-corrected chi connectivity index (χ4v) is 3.34. The zero-order valence-corrected chi connectivity index (χ0v) is 16.8. The molecule has 0 aliphatic heterocycles. The summed E-state index contributed by atoms with van der Waals surface area (Å²) < 4.78 is 56.4. The summed E-state index contributed by atoms with van der Waals surface area (Å²) >= 11 is 0. The van der Waals surface area contributed by atoms with Gasteiger partial charge >= 0.3 is 0 Å². The first-order chi connectivity index (χ1) is 15.9. The molecule has 0 aliphatic carbocycles. The molecule has 0 bridgehead atoms. The molecule has 8 heteroatoms. The van der Waals surface area contributed by atoms with E-state index in [9.17, 15) is 17.6 Å². The molecule has 0 saturated carbocycles. The Kier molecular flexibility index (Phi) is 5.84. The number of nitrogens with zero attached hydrogens (tertiary/aromatic N) is 4. The van der Waals surface area contributed by atoms with E-state index in [1.54, 1.807) is 24.3 Å². The van der Waals surface area contributed by atoms with E-state index in [1.807, 2.05) is 0 Å². The summed E-state index contributed by atoms with van der Waals surface area (Å²) in [7, 11) is 0. The smallest absolute Gasteiger partial charge is 0.252 e. The highest BCUT2D eigenvalue weighted by atomic mass is 19.1. The zero-order chi connectivity index (χ0) is 23.5. The summed E-state index contributed by atoms with van der Waals surface area (Å²) in [6.07, 6.45) is 0.202. The Hall–Kier alpha value is -4.56. The second-order valence-corrected chi connectivity index (χ2v) is 6.97. The highest BCUT2D eigenvalue weighted by Crippen LogP contribution is 2.31. The van der Waals surface area contributed by atoms with Crippen molar-refractivity contribution in [2.45, 2.75) is 6.42 Å². The fraction of sp³-hybridized carbons (Fsp3) is 0.0400. The van der Waals surface area contributed by atoms with Gasteiger partial charge in [-0.3, -0.25) is 9.97 Å². The monoisotopic (exact) mass is 444 g/mol. The van der Waals surface area contributed by atoms with Crippen molar-refractivity contribution >= 4 is 5.69 Å². The Morgan fingerprint density at radius 1 is 0.758 bits per heavy atom. The van der Waals surface area contributed by atoms with Crippen molar-refractivity contribution in [3.05, 3.63) is 112 Å². The summed E-state index contributed by atoms with van der Waals surface area (Å²) in [5, 5.41) is 8.99. The van der Waals surface area contributed by atoms with E-state index in [2.05, 4.69) is 14.8 Å². The predicted octanol–water partition coefficient (Wildman–Crippen LogP) is 6.38. The number of rotatable bonds is 4. The Bertz CT molecular complexity index is 1360. The van der Waals surface area contributed by atoms with E-state index in [1.165, 1.54) is 30.3 Å². The fourth-order valence-electron chi connectivity index (χ4n) is 3.34. The van der Waals surface area contributed by atoms with Crippen LogP contribution in [0.15, 0.2) is 60.7 Å². The molecular formula is C25H12F4N4. The lowest BCUT2D eigenvalue weighted by atomic mass is 10.1.